The van der Waals surface area contributed by atoms with Crippen LogP contribution in [-0.4, -0.2) is 37.4 Å². The van der Waals surface area contributed by atoms with Gasteiger partial charge < -0.3 is 16.0 Å². The molecule has 1 unspecified atom stereocenters. The number of aromatic nitrogens is 1. The lowest BCUT2D eigenvalue weighted by Crippen LogP contribution is -2.30. The number of rotatable bonds is 3. The smallest absolute Gasteiger partial charge is 0.267 e. The number of hydrogen-bond acceptors (Lipinski definition) is 4. The predicted molar refractivity (Wildman–Crippen MR) is 81.8 cm³/mol. The second kappa shape index (κ2) is 5.07. The third kappa shape index (κ3) is 3.02. The summed E-state index contributed by atoms with van der Waals surface area (Å²) < 4.78 is 22.7. The van der Waals surface area contributed by atoms with E-state index in [1.54, 1.807) is 18.2 Å². The SMILES string of the molecule is Nc1ccc2[nH]c(C(=O)NCC3CCS(=O)(=O)C3)cc2c1. The van der Waals surface area contributed by atoms with Gasteiger partial charge in [0.05, 0.1) is 11.5 Å². The molecule has 0 saturated carbocycles. The van der Waals surface area contributed by atoms with Gasteiger partial charge in [-0.2, -0.15) is 0 Å². The van der Waals surface area contributed by atoms with Crippen LogP contribution < -0.4 is 11.1 Å². The maximum absolute atomic E-state index is 12.1. The second-order valence-electron chi connectivity index (χ2n) is 5.51. The molecule has 112 valence electrons. The first-order chi connectivity index (χ1) is 9.93. The van der Waals surface area contributed by atoms with E-state index in [4.69, 9.17) is 5.73 Å². The van der Waals surface area contributed by atoms with E-state index in [0.717, 1.165) is 10.9 Å². The Hall–Kier alpha value is -2.02. The van der Waals surface area contributed by atoms with Crippen molar-refractivity contribution >= 4 is 32.3 Å². The number of nitrogen functional groups attached to an aromatic ring is 1. The van der Waals surface area contributed by atoms with E-state index < -0.39 is 9.84 Å². The molecule has 1 aliphatic rings. The maximum Gasteiger partial charge on any atom is 0.267 e. The third-order valence-corrected chi connectivity index (χ3v) is 5.60. The molecule has 3 rings (SSSR count). The van der Waals surface area contributed by atoms with Crippen LogP contribution in [0.3, 0.4) is 0 Å². The van der Waals surface area contributed by atoms with Crippen LogP contribution >= 0.6 is 0 Å². The summed E-state index contributed by atoms with van der Waals surface area (Å²) >= 11 is 0. The molecule has 2 aromatic rings. The second-order valence-corrected chi connectivity index (χ2v) is 7.74. The highest BCUT2D eigenvalue weighted by Crippen LogP contribution is 2.19. The maximum atomic E-state index is 12.1. The Kier molecular flexibility index (Phi) is 3.36. The summed E-state index contributed by atoms with van der Waals surface area (Å²) in [5.41, 5.74) is 7.65. The van der Waals surface area contributed by atoms with Crippen LogP contribution in [0.4, 0.5) is 5.69 Å². The predicted octanol–water partition coefficient (Wildman–Crippen LogP) is 0.915. The molecule has 1 aromatic carbocycles. The monoisotopic (exact) mass is 307 g/mol. The minimum atomic E-state index is -2.91. The Bertz CT molecular complexity index is 795. The molecule has 4 N–H and O–H groups in total. The molecule has 2 heterocycles. The summed E-state index contributed by atoms with van der Waals surface area (Å²) in [6.07, 6.45) is 0.617. The minimum Gasteiger partial charge on any atom is -0.399 e. The number of carbonyl (C=O) groups is 1. The number of aromatic amines is 1. The van der Waals surface area contributed by atoms with Crippen molar-refractivity contribution in [2.75, 3.05) is 23.8 Å². The molecule has 21 heavy (non-hydrogen) atoms. The fourth-order valence-corrected chi connectivity index (χ4v) is 4.50. The van der Waals surface area contributed by atoms with E-state index >= 15 is 0 Å². The lowest BCUT2D eigenvalue weighted by Gasteiger charge is -2.08. The molecule has 1 fully saturated rings. The fourth-order valence-electron chi connectivity index (χ4n) is 2.64. The van der Waals surface area contributed by atoms with E-state index in [2.05, 4.69) is 10.3 Å². The molecular weight excluding hydrogens is 290 g/mol. The van der Waals surface area contributed by atoms with E-state index in [-0.39, 0.29) is 23.3 Å². The molecule has 0 spiro atoms. The first kappa shape index (κ1) is 13.9. The van der Waals surface area contributed by atoms with Gasteiger partial charge in [0, 0.05) is 23.1 Å². The number of H-pyrrole nitrogens is 1. The first-order valence-electron chi connectivity index (χ1n) is 6.80. The quantitative estimate of drug-likeness (QED) is 0.733. The molecule has 1 atom stereocenters. The Labute approximate surface area is 122 Å². The molecule has 1 aliphatic heterocycles. The number of nitrogens with two attached hydrogens (primary N) is 1. The molecule has 0 bridgehead atoms. The van der Waals surface area contributed by atoms with Crippen molar-refractivity contribution in [1.29, 1.82) is 0 Å². The number of anilines is 1. The average molecular weight is 307 g/mol. The molecule has 1 amide bonds. The van der Waals surface area contributed by atoms with Crippen LogP contribution in [0.15, 0.2) is 24.3 Å². The number of amides is 1. The van der Waals surface area contributed by atoms with Gasteiger partial charge >= 0.3 is 0 Å². The van der Waals surface area contributed by atoms with Gasteiger partial charge in [-0.3, -0.25) is 4.79 Å². The number of sulfone groups is 1. The summed E-state index contributed by atoms with van der Waals surface area (Å²) in [4.78, 5) is 15.1. The summed E-state index contributed by atoms with van der Waals surface area (Å²) in [6.45, 7) is 0.384. The molecule has 6 nitrogen and oxygen atoms in total. The highest BCUT2D eigenvalue weighted by atomic mass is 32.2. The van der Waals surface area contributed by atoms with Crippen molar-refractivity contribution in [2.45, 2.75) is 6.42 Å². The number of fused-ring (bicyclic) bond motifs is 1. The van der Waals surface area contributed by atoms with Gasteiger partial charge in [0.15, 0.2) is 9.84 Å². The van der Waals surface area contributed by atoms with Crippen LogP contribution in [0.1, 0.15) is 16.9 Å². The zero-order valence-electron chi connectivity index (χ0n) is 11.4. The van der Waals surface area contributed by atoms with Crippen molar-refractivity contribution in [2.24, 2.45) is 5.92 Å². The van der Waals surface area contributed by atoms with Gasteiger partial charge in [-0.05, 0) is 36.6 Å². The van der Waals surface area contributed by atoms with Gasteiger partial charge in [0.2, 0.25) is 0 Å². The summed E-state index contributed by atoms with van der Waals surface area (Å²) in [5, 5.41) is 3.67. The lowest BCUT2D eigenvalue weighted by molar-refractivity contribution is 0.0944. The minimum absolute atomic E-state index is 0.0129. The average Bonchev–Trinajstić information content (AvgIpc) is 2.98. The first-order valence-corrected chi connectivity index (χ1v) is 8.62. The number of nitrogens with one attached hydrogen (secondary N) is 2. The van der Waals surface area contributed by atoms with E-state index in [9.17, 15) is 13.2 Å². The molecule has 1 saturated heterocycles. The zero-order chi connectivity index (χ0) is 15.0. The Balaban J connectivity index is 1.67. The van der Waals surface area contributed by atoms with Crippen molar-refractivity contribution in [3.05, 3.63) is 30.0 Å². The number of carbonyl (C=O) groups excluding carboxylic acids is 1. The van der Waals surface area contributed by atoms with Crippen LogP contribution in [0, 0.1) is 5.92 Å². The van der Waals surface area contributed by atoms with Gasteiger partial charge in [-0.15, -0.1) is 0 Å². The standard InChI is InChI=1S/C14H17N3O3S/c15-11-1-2-12-10(5-11)6-13(17-12)14(18)16-7-9-3-4-21(19,20)8-9/h1-2,5-6,9,17H,3-4,7-8,15H2,(H,16,18). The van der Waals surface area contributed by atoms with E-state index in [1.165, 1.54) is 0 Å². The van der Waals surface area contributed by atoms with Gasteiger partial charge in [-0.1, -0.05) is 0 Å². The van der Waals surface area contributed by atoms with Crippen LogP contribution in [0.5, 0.6) is 0 Å². The van der Waals surface area contributed by atoms with Crippen LogP contribution in [0.2, 0.25) is 0 Å². The normalized spacial score (nSPS) is 20.7. The van der Waals surface area contributed by atoms with Crippen molar-refractivity contribution < 1.29 is 13.2 Å². The summed E-state index contributed by atoms with van der Waals surface area (Å²) in [6, 6.07) is 7.13. The lowest BCUT2D eigenvalue weighted by atomic mass is 10.1. The van der Waals surface area contributed by atoms with Crippen LogP contribution in [0.25, 0.3) is 10.9 Å². The highest BCUT2D eigenvalue weighted by Gasteiger charge is 2.28. The largest absolute Gasteiger partial charge is 0.399 e. The van der Waals surface area contributed by atoms with Crippen molar-refractivity contribution in [3.63, 3.8) is 0 Å². The molecule has 0 aliphatic carbocycles. The molecule has 1 aromatic heterocycles. The molecular formula is C14H17N3O3S. The summed E-state index contributed by atoms with van der Waals surface area (Å²) in [5.74, 6) is 0.170. The Morgan fingerprint density at radius 2 is 2.19 bits per heavy atom. The highest BCUT2D eigenvalue weighted by molar-refractivity contribution is 7.91. The van der Waals surface area contributed by atoms with Gasteiger partial charge in [-0.25, -0.2) is 8.42 Å². The van der Waals surface area contributed by atoms with Crippen LogP contribution in [-0.2, 0) is 9.84 Å². The van der Waals surface area contributed by atoms with Crippen molar-refractivity contribution in [1.82, 2.24) is 10.3 Å². The third-order valence-electron chi connectivity index (χ3n) is 3.77. The van der Waals surface area contributed by atoms with E-state index in [1.807, 2.05) is 6.07 Å². The molecule has 0 radical (unpaired) electrons. The van der Waals surface area contributed by atoms with Gasteiger partial charge in [0.25, 0.3) is 5.91 Å². The number of benzene rings is 1. The van der Waals surface area contributed by atoms with E-state index in [0.29, 0.717) is 24.3 Å². The Morgan fingerprint density at radius 3 is 2.90 bits per heavy atom. The van der Waals surface area contributed by atoms with Gasteiger partial charge in [0.1, 0.15) is 5.69 Å². The topological polar surface area (TPSA) is 105 Å². The fraction of sp³-hybridized carbons (Fsp3) is 0.357. The van der Waals surface area contributed by atoms with Crippen molar-refractivity contribution in [3.8, 4) is 0 Å². The molecule has 7 heteroatoms. The Morgan fingerprint density at radius 1 is 1.38 bits per heavy atom. The number of hydrogen-bond donors (Lipinski definition) is 3. The summed E-state index contributed by atoms with van der Waals surface area (Å²) in [7, 11) is -2.91. The zero-order valence-corrected chi connectivity index (χ0v) is 12.2.